The minimum atomic E-state index is -3.59. The summed E-state index contributed by atoms with van der Waals surface area (Å²) in [5, 5.41) is 2.98. The Balaban J connectivity index is 1.90. The van der Waals surface area contributed by atoms with Gasteiger partial charge >= 0.3 is 0 Å². The van der Waals surface area contributed by atoms with Gasteiger partial charge in [-0.1, -0.05) is 25.1 Å². The Morgan fingerprint density at radius 1 is 1.00 bits per heavy atom. The Labute approximate surface area is 183 Å². The van der Waals surface area contributed by atoms with Crippen molar-refractivity contribution in [3.05, 3.63) is 76.2 Å². The zero-order chi connectivity index (χ0) is 23.2. The predicted molar refractivity (Wildman–Crippen MR) is 117 cm³/mol. The van der Waals surface area contributed by atoms with Gasteiger partial charge in [-0.15, -0.1) is 0 Å². The van der Waals surface area contributed by atoms with Crippen molar-refractivity contribution >= 4 is 15.7 Å². The SMILES string of the molecule is CCc1[nH]n2c(=O)cc(-c3ccc(S(=O)(=O)N(C)C)cc3)nc2c1-c1ccc(F)c(F)c1. The van der Waals surface area contributed by atoms with E-state index in [2.05, 4.69) is 10.1 Å². The summed E-state index contributed by atoms with van der Waals surface area (Å²) >= 11 is 0. The fourth-order valence-electron chi connectivity index (χ4n) is 3.45. The highest BCUT2D eigenvalue weighted by Crippen LogP contribution is 2.30. The molecule has 0 atom stereocenters. The van der Waals surface area contributed by atoms with Gasteiger partial charge in [-0.2, -0.15) is 0 Å². The number of halogens is 2. The van der Waals surface area contributed by atoms with Gasteiger partial charge < -0.3 is 0 Å². The lowest BCUT2D eigenvalue weighted by Gasteiger charge is -2.11. The number of hydrogen-bond acceptors (Lipinski definition) is 4. The second kappa shape index (κ2) is 7.95. The van der Waals surface area contributed by atoms with Crippen LogP contribution in [0, 0.1) is 11.6 Å². The number of H-pyrrole nitrogens is 1. The number of nitrogens with zero attached hydrogens (tertiary/aromatic N) is 3. The molecule has 0 radical (unpaired) electrons. The summed E-state index contributed by atoms with van der Waals surface area (Å²) in [7, 11) is -0.711. The third-order valence-electron chi connectivity index (χ3n) is 5.18. The summed E-state index contributed by atoms with van der Waals surface area (Å²) in [6.07, 6.45) is 0.504. The van der Waals surface area contributed by atoms with Gasteiger partial charge in [0.15, 0.2) is 17.3 Å². The zero-order valence-corrected chi connectivity index (χ0v) is 18.4. The average Bonchev–Trinajstić information content (AvgIpc) is 3.15. The minimum Gasteiger partial charge on any atom is -0.293 e. The maximum atomic E-state index is 13.9. The number of aryl methyl sites for hydroxylation is 1. The first kappa shape index (κ1) is 21.8. The van der Waals surface area contributed by atoms with Crippen molar-refractivity contribution in [1.29, 1.82) is 0 Å². The Hall–Kier alpha value is -3.37. The molecule has 7 nitrogen and oxygen atoms in total. The van der Waals surface area contributed by atoms with Crippen LogP contribution in [0.25, 0.3) is 28.0 Å². The van der Waals surface area contributed by atoms with Crippen molar-refractivity contribution in [3.63, 3.8) is 0 Å². The summed E-state index contributed by atoms with van der Waals surface area (Å²) in [5.41, 5.74) is 2.27. The third kappa shape index (κ3) is 3.61. The Morgan fingerprint density at radius 2 is 1.66 bits per heavy atom. The molecule has 0 saturated heterocycles. The molecule has 10 heteroatoms. The molecule has 0 amide bonds. The number of rotatable bonds is 5. The molecule has 4 aromatic rings. The van der Waals surface area contributed by atoms with E-state index in [1.54, 1.807) is 12.1 Å². The zero-order valence-electron chi connectivity index (χ0n) is 17.6. The molecule has 0 spiro atoms. The standard InChI is InChI=1S/C22H20F2N4O3S/c1-4-18-21(14-7-10-16(23)17(24)11-14)22-25-19(12-20(29)28(22)26-18)13-5-8-15(9-6-13)32(30,31)27(2)3/h5-12,26H,4H2,1-3H3. The number of sulfonamides is 1. The molecule has 0 unspecified atom stereocenters. The fourth-order valence-corrected chi connectivity index (χ4v) is 4.35. The van der Waals surface area contributed by atoms with E-state index in [0.29, 0.717) is 34.5 Å². The molecule has 0 bridgehead atoms. The smallest absolute Gasteiger partial charge is 0.273 e. The van der Waals surface area contributed by atoms with Crippen molar-refractivity contribution in [2.45, 2.75) is 18.2 Å². The van der Waals surface area contributed by atoms with E-state index >= 15 is 0 Å². The van der Waals surface area contributed by atoms with Gasteiger partial charge in [0, 0.05) is 37.0 Å². The second-order valence-electron chi connectivity index (χ2n) is 7.40. The monoisotopic (exact) mass is 458 g/mol. The Kier molecular flexibility index (Phi) is 5.43. The number of fused-ring (bicyclic) bond motifs is 1. The highest BCUT2D eigenvalue weighted by atomic mass is 32.2. The molecule has 4 rings (SSSR count). The topological polar surface area (TPSA) is 87.5 Å². The van der Waals surface area contributed by atoms with Crippen LogP contribution in [-0.2, 0) is 16.4 Å². The number of benzene rings is 2. The lowest BCUT2D eigenvalue weighted by molar-refractivity contribution is 0.509. The molecule has 1 N–H and O–H groups in total. The summed E-state index contributed by atoms with van der Waals surface area (Å²) in [6, 6.07) is 10.9. The van der Waals surface area contributed by atoms with Gasteiger partial charge in [0.25, 0.3) is 5.56 Å². The van der Waals surface area contributed by atoms with Crippen LogP contribution < -0.4 is 5.56 Å². The lowest BCUT2D eigenvalue weighted by atomic mass is 10.0. The van der Waals surface area contributed by atoms with Gasteiger partial charge in [0.1, 0.15) is 0 Å². The molecule has 2 aromatic heterocycles. The van der Waals surface area contributed by atoms with Crippen LogP contribution in [0.4, 0.5) is 8.78 Å². The van der Waals surface area contributed by atoms with Crippen molar-refractivity contribution in [2.75, 3.05) is 14.1 Å². The number of hydrogen-bond donors (Lipinski definition) is 1. The van der Waals surface area contributed by atoms with Crippen molar-refractivity contribution < 1.29 is 17.2 Å². The molecule has 0 fully saturated rings. The molecule has 0 aliphatic carbocycles. The van der Waals surface area contributed by atoms with Crippen LogP contribution in [-0.4, -0.2) is 41.4 Å². The normalized spacial score (nSPS) is 12.1. The third-order valence-corrected chi connectivity index (χ3v) is 7.01. The van der Waals surface area contributed by atoms with Crippen LogP contribution in [0.2, 0.25) is 0 Å². The van der Waals surface area contributed by atoms with E-state index in [9.17, 15) is 22.0 Å². The van der Waals surface area contributed by atoms with Crippen molar-refractivity contribution in [3.8, 4) is 22.4 Å². The summed E-state index contributed by atoms with van der Waals surface area (Å²) < 4.78 is 54.3. The van der Waals surface area contributed by atoms with Gasteiger partial charge in [-0.05, 0) is 36.2 Å². The Morgan fingerprint density at radius 3 is 2.25 bits per heavy atom. The van der Waals surface area contributed by atoms with Gasteiger partial charge in [-0.3, -0.25) is 9.89 Å². The first-order valence-corrected chi connectivity index (χ1v) is 11.2. The fraction of sp³-hybridized carbons (Fsp3) is 0.182. The molecule has 2 heterocycles. The van der Waals surface area contributed by atoms with E-state index in [1.807, 2.05) is 6.92 Å². The van der Waals surface area contributed by atoms with E-state index in [0.717, 1.165) is 16.4 Å². The molecular weight excluding hydrogens is 438 g/mol. The van der Waals surface area contributed by atoms with E-state index < -0.39 is 27.2 Å². The maximum absolute atomic E-state index is 13.9. The van der Waals surface area contributed by atoms with Crippen LogP contribution >= 0.6 is 0 Å². The number of aromatic nitrogens is 3. The first-order chi connectivity index (χ1) is 15.1. The van der Waals surface area contributed by atoms with Gasteiger partial charge in [0.2, 0.25) is 10.0 Å². The van der Waals surface area contributed by atoms with Gasteiger partial charge in [0.05, 0.1) is 10.6 Å². The molecule has 32 heavy (non-hydrogen) atoms. The quantitative estimate of drug-likeness (QED) is 0.496. The van der Waals surface area contributed by atoms with E-state index in [1.165, 1.54) is 42.9 Å². The molecule has 166 valence electrons. The highest BCUT2D eigenvalue weighted by molar-refractivity contribution is 7.89. The Bertz CT molecular complexity index is 1490. The largest absolute Gasteiger partial charge is 0.293 e. The van der Waals surface area contributed by atoms with Crippen molar-refractivity contribution in [2.24, 2.45) is 0 Å². The minimum absolute atomic E-state index is 0.112. The predicted octanol–water partition coefficient (Wildman–Crippen LogP) is 3.45. The first-order valence-electron chi connectivity index (χ1n) is 9.76. The van der Waals surface area contributed by atoms with E-state index in [4.69, 9.17) is 0 Å². The van der Waals surface area contributed by atoms with Gasteiger partial charge in [-0.25, -0.2) is 31.0 Å². The van der Waals surface area contributed by atoms with Crippen LogP contribution in [0.1, 0.15) is 12.6 Å². The highest BCUT2D eigenvalue weighted by Gasteiger charge is 2.19. The molecule has 0 aliphatic heterocycles. The maximum Gasteiger partial charge on any atom is 0.273 e. The number of aromatic amines is 1. The van der Waals surface area contributed by atoms with E-state index in [-0.39, 0.29) is 10.5 Å². The van der Waals surface area contributed by atoms with Crippen LogP contribution in [0.5, 0.6) is 0 Å². The van der Waals surface area contributed by atoms with Crippen LogP contribution in [0.15, 0.2) is 58.2 Å². The summed E-state index contributed by atoms with van der Waals surface area (Å²) in [5.74, 6) is -1.97. The average molecular weight is 458 g/mol. The molecule has 0 aliphatic rings. The summed E-state index contributed by atoms with van der Waals surface area (Å²) in [6.45, 7) is 1.87. The molecular formula is C22H20F2N4O3S. The number of nitrogens with one attached hydrogen (secondary N) is 1. The molecule has 0 saturated carbocycles. The molecule has 2 aromatic carbocycles. The summed E-state index contributed by atoms with van der Waals surface area (Å²) in [4.78, 5) is 17.5. The lowest BCUT2D eigenvalue weighted by Crippen LogP contribution is -2.22. The second-order valence-corrected chi connectivity index (χ2v) is 9.55. The van der Waals surface area contributed by atoms with Crippen LogP contribution in [0.3, 0.4) is 0 Å². The van der Waals surface area contributed by atoms with Crippen molar-refractivity contribution in [1.82, 2.24) is 18.9 Å².